The highest BCUT2D eigenvalue weighted by molar-refractivity contribution is 5.85. The van der Waals surface area contributed by atoms with Gasteiger partial charge in [0.25, 0.3) is 0 Å². The lowest BCUT2D eigenvalue weighted by atomic mass is 10.1. The van der Waals surface area contributed by atoms with Gasteiger partial charge in [0, 0.05) is 31.2 Å². The Hall–Kier alpha value is -1.04. The van der Waals surface area contributed by atoms with Gasteiger partial charge in [-0.05, 0) is 44.2 Å². The molecule has 1 aromatic heterocycles. The first-order valence-corrected chi connectivity index (χ1v) is 7.35. The Morgan fingerprint density at radius 2 is 2.09 bits per heavy atom. The lowest BCUT2D eigenvalue weighted by Crippen LogP contribution is -2.31. The van der Waals surface area contributed by atoms with E-state index < -0.39 is 0 Å². The van der Waals surface area contributed by atoms with Crippen LogP contribution in [0.1, 0.15) is 31.2 Å². The summed E-state index contributed by atoms with van der Waals surface area (Å²) in [5.41, 5.74) is 6.97. The van der Waals surface area contributed by atoms with Crippen LogP contribution < -0.4 is 16.4 Å². The van der Waals surface area contributed by atoms with Crippen molar-refractivity contribution in [1.29, 1.82) is 0 Å². The maximum atomic E-state index is 11.9. The Labute approximate surface area is 144 Å². The number of aromatic nitrogens is 1. The average molecular weight is 349 g/mol. The summed E-state index contributed by atoms with van der Waals surface area (Å²) in [4.78, 5) is 16.1. The molecule has 0 saturated heterocycles. The van der Waals surface area contributed by atoms with Gasteiger partial charge in [-0.15, -0.1) is 24.8 Å². The zero-order chi connectivity index (χ0) is 14.4. The predicted octanol–water partition coefficient (Wildman–Crippen LogP) is 2.28. The fraction of sp³-hybridized carbons (Fsp3) is 0.600. The molecule has 126 valence electrons. The van der Waals surface area contributed by atoms with Crippen LogP contribution in [-0.2, 0) is 4.79 Å². The van der Waals surface area contributed by atoms with Crippen molar-refractivity contribution in [2.24, 2.45) is 11.7 Å². The molecule has 4 N–H and O–H groups in total. The first-order chi connectivity index (χ1) is 9.65. The molecule has 1 heterocycles. The molecule has 1 saturated carbocycles. The van der Waals surface area contributed by atoms with Crippen molar-refractivity contribution in [2.75, 3.05) is 18.4 Å². The smallest absolute Gasteiger partial charge is 0.223 e. The Kier molecular flexibility index (Phi) is 10.1. The van der Waals surface area contributed by atoms with Crippen molar-refractivity contribution in [3.8, 4) is 0 Å². The maximum Gasteiger partial charge on any atom is 0.223 e. The van der Waals surface area contributed by atoms with Crippen LogP contribution in [0.15, 0.2) is 18.3 Å². The van der Waals surface area contributed by atoms with Crippen molar-refractivity contribution < 1.29 is 4.79 Å². The highest BCUT2D eigenvalue weighted by atomic mass is 35.5. The Balaban J connectivity index is 0.00000220. The van der Waals surface area contributed by atoms with Crippen LogP contribution in [0.25, 0.3) is 0 Å². The quantitative estimate of drug-likeness (QED) is 0.689. The monoisotopic (exact) mass is 348 g/mol. The van der Waals surface area contributed by atoms with Gasteiger partial charge in [0.1, 0.15) is 5.82 Å². The van der Waals surface area contributed by atoms with Crippen LogP contribution in [0.5, 0.6) is 0 Å². The second kappa shape index (κ2) is 10.6. The van der Waals surface area contributed by atoms with E-state index in [-0.39, 0.29) is 42.7 Å². The number of carbonyl (C=O) groups excluding carboxylic acids is 1. The van der Waals surface area contributed by atoms with E-state index in [4.69, 9.17) is 5.73 Å². The molecule has 0 aliphatic heterocycles. The van der Waals surface area contributed by atoms with E-state index in [1.807, 2.05) is 25.3 Å². The topological polar surface area (TPSA) is 80.0 Å². The van der Waals surface area contributed by atoms with E-state index in [1.165, 1.54) is 0 Å². The molecule has 5 nitrogen and oxygen atoms in total. The number of anilines is 1. The molecule has 1 aliphatic rings. The van der Waals surface area contributed by atoms with E-state index in [9.17, 15) is 4.79 Å². The third-order valence-electron chi connectivity index (χ3n) is 3.71. The SMILES string of the molecule is Cc1ccc(NCCCNC(=O)C2CCC(N)C2)nc1.Cl.Cl. The molecule has 22 heavy (non-hydrogen) atoms. The predicted molar refractivity (Wildman–Crippen MR) is 94.9 cm³/mol. The summed E-state index contributed by atoms with van der Waals surface area (Å²) in [6.07, 6.45) is 5.46. The molecule has 1 aliphatic carbocycles. The van der Waals surface area contributed by atoms with Crippen LogP contribution in [0.2, 0.25) is 0 Å². The van der Waals surface area contributed by atoms with E-state index >= 15 is 0 Å². The molecule has 2 unspecified atom stereocenters. The van der Waals surface area contributed by atoms with Gasteiger partial charge in [0.05, 0.1) is 0 Å². The number of pyridine rings is 1. The molecule has 1 amide bonds. The average Bonchev–Trinajstić information content (AvgIpc) is 2.87. The second-order valence-corrected chi connectivity index (χ2v) is 5.56. The van der Waals surface area contributed by atoms with Crippen LogP contribution in [0, 0.1) is 12.8 Å². The number of rotatable bonds is 6. The first-order valence-electron chi connectivity index (χ1n) is 7.35. The lowest BCUT2D eigenvalue weighted by Gasteiger charge is -2.11. The largest absolute Gasteiger partial charge is 0.370 e. The minimum absolute atomic E-state index is 0. The minimum Gasteiger partial charge on any atom is -0.370 e. The van der Waals surface area contributed by atoms with Crippen LogP contribution in [0.3, 0.4) is 0 Å². The van der Waals surface area contributed by atoms with Gasteiger partial charge in [-0.3, -0.25) is 4.79 Å². The number of nitrogens with two attached hydrogens (primary N) is 1. The highest BCUT2D eigenvalue weighted by Gasteiger charge is 2.27. The van der Waals surface area contributed by atoms with E-state index in [1.54, 1.807) is 0 Å². The number of carbonyl (C=O) groups is 1. The van der Waals surface area contributed by atoms with Crippen molar-refractivity contribution in [3.63, 3.8) is 0 Å². The van der Waals surface area contributed by atoms with Gasteiger partial charge in [-0.2, -0.15) is 0 Å². The molecule has 7 heteroatoms. The summed E-state index contributed by atoms with van der Waals surface area (Å²) < 4.78 is 0. The van der Waals surface area contributed by atoms with Gasteiger partial charge in [-0.1, -0.05) is 6.07 Å². The number of hydrogen-bond donors (Lipinski definition) is 3. The van der Waals surface area contributed by atoms with Gasteiger partial charge in [0.2, 0.25) is 5.91 Å². The van der Waals surface area contributed by atoms with E-state index in [0.29, 0.717) is 6.54 Å². The molecule has 1 aromatic rings. The Morgan fingerprint density at radius 3 is 2.68 bits per heavy atom. The molecular weight excluding hydrogens is 323 g/mol. The fourth-order valence-corrected chi connectivity index (χ4v) is 2.49. The Bertz CT molecular complexity index is 442. The summed E-state index contributed by atoms with van der Waals surface area (Å²) in [5, 5.41) is 6.23. The zero-order valence-electron chi connectivity index (χ0n) is 12.9. The molecule has 1 fully saturated rings. The number of aryl methyl sites for hydroxylation is 1. The van der Waals surface area contributed by atoms with Gasteiger partial charge in [0.15, 0.2) is 0 Å². The second-order valence-electron chi connectivity index (χ2n) is 5.56. The third-order valence-corrected chi connectivity index (χ3v) is 3.71. The summed E-state index contributed by atoms with van der Waals surface area (Å²) in [6.45, 7) is 3.52. The van der Waals surface area contributed by atoms with Gasteiger partial charge in [-0.25, -0.2) is 4.98 Å². The van der Waals surface area contributed by atoms with Crippen molar-refractivity contribution >= 4 is 36.5 Å². The summed E-state index contributed by atoms with van der Waals surface area (Å²) >= 11 is 0. The van der Waals surface area contributed by atoms with Crippen LogP contribution in [-0.4, -0.2) is 30.0 Å². The van der Waals surface area contributed by atoms with E-state index in [0.717, 1.165) is 43.6 Å². The van der Waals surface area contributed by atoms with Crippen LogP contribution in [0.4, 0.5) is 5.82 Å². The number of nitrogens with zero attached hydrogens (tertiary/aromatic N) is 1. The molecule has 0 aromatic carbocycles. The normalized spacial score (nSPS) is 19.7. The molecule has 0 bridgehead atoms. The van der Waals surface area contributed by atoms with Crippen molar-refractivity contribution in [1.82, 2.24) is 10.3 Å². The summed E-state index contributed by atoms with van der Waals surface area (Å²) in [6, 6.07) is 4.20. The highest BCUT2D eigenvalue weighted by Crippen LogP contribution is 2.23. The fourth-order valence-electron chi connectivity index (χ4n) is 2.49. The number of halogens is 2. The summed E-state index contributed by atoms with van der Waals surface area (Å²) in [5.74, 6) is 1.16. The van der Waals surface area contributed by atoms with Crippen LogP contribution >= 0.6 is 24.8 Å². The van der Waals surface area contributed by atoms with Crippen molar-refractivity contribution in [2.45, 2.75) is 38.6 Å². The minimum atomic E-state index is 0. The Morgan fingerprint density at radius 1 is 1.32 bits per heavy atom. The van der Waals surface area contributed by atoms with Gasteiger partial charge >= 0.3 is 0 Å². The number of nitrogens with one attached hydrogen (secondary N) is 2. The lowest BCUT2D eigenvalue weighted by molar-refractivity contribution is -0.124. The molecule has 0 radical (unpaired) electrons. The number of hydrogen-bond acceptors (Lipinski definition) is 4. The third kappa shape index (κ3) is 6.81. The van der Waals surface area contributed by atoms with Gasteiger partial charge < -0.3 is 16.4 Å². The molecule has 2 atom stereocenters. The van der Waals surface area contributed by atoms with E-state index in [2.05, 4.69) is 15.6 Å². The summed E-state index contributed by atoms with van der Waals surface area (Å²) in [7, 11) is 0. The molecule has 2 rings (SSSR count). The zero-order valence-corrected chi connectivity index (χ0v) is 14.5. The first kappa shape index (κ1) is 21.0. The van der Waals surface area contributed by atoms with Crippen molar-refractivity contribution in [3.05, 3.63) is 23.9 Å². The maximum absolute atomic E-state index is 11.9. The standard InChI is InChI=1S/C15H24N4O.2ClH/c1-11-3-6-14(19-10-11)17-7-2-8-18-15(20)12-4-5-13(16)9-12;;/h3,6,10,12-13H,2,4-5,7-9,16H2,1H3,(H,17,19)(H,18,20);2*1H. The molecular formula is C15H26Cl2N4O. The molecule has 0 spiro atoms. The number of amides is 1.